The summed E-state index contributed by atoms with van der Waals surface area (Å²) in [5.41, 5.74) is 2.18. The number of carbonyl (C=O) groups excluding carboxylic acids is 2. The molecule has 0 saturated heterocycles. The summed E-state index contributed by atoms with van der Waals surface area (Å²) in [6, 6.07) is 7.32. The van der Waals surface area contributed by atoms with Crippen molar-refractivity contribution in [3.8, 4) is 0 Å². The number of nitrogens with one attached hydrogen (secondary N) is 1. The van der Waals surface area contributed by atoms with Crippen LogP contribution in [0, 0.1) is 12.8 Å². The monoisotopic (exact) mass is 261 g/mol. The van der Waals surface area contributed by atoms with Crippen molar-refractivity contribution in [3.05, 3.63) is 35.4 Å². The van der Waals surface area contributed by atoms with Gasteiger partial charge < -0.3 is 10.1 Å². The Morgan fingerprint density at radius 1 is 1.32 bits per heavy atom. The van der Waals surface area contributed by atoms with E-state index in [0.717, 1.165) is 18.4 Å². The van der Waals surface area contributed by atoms with E-state index < -0.39 is 12.0 Å². The maximum absolute atomic E-state index is 11.8. The van der Waals surface area contributed by atoms with Gasteiger partial charge in [-0.1, -0.05) is 29.8 Å². The van der Waals surface area contributed by atoms with Crippen molar-refractivity contribution >= 4 is 11.9 Å². The van der Waals surface area contributed by atoms with Crippen LogP contribution < -0.4 is 5.32 Å². The largest absolute Gasteiger partial charge is 0.467 e. The zero-order chi connectivity index (χ0) is 13.8. The van der Waals surface area contributed by atoms with Gasteiger partial charge in [-0.2, -0.15) is 0 Å². The molecule has 1 amide bonds. The maximum atomic E-state index is 11.8. The Kier molecular flexibility index (Phi) is 4.20. The van der Waals surface area contributed by atoms with E-state index in [4.69, 9.17) is 4.74 Å². The summed E-state index contributed by atoms with van der Waals surface area (Å²) < 4.78 is 4.76. The van der Waals surface area contributed by atoms with Crippen molar-refractivity contribution in [2.75, 3.05) is 7.11 Å². The first-order valence-electron chi connectivity index (χ1n) is 6.54. The van der Waals surface area contributed by atoms with Crippen molar-refractivity contribution in [1.82, 2.24) is 5.32 Å². The molecule has 0 heterocycles. The number of aryl methyl sites for hydroxylation is 1. The molecule has 0 radical (unpaired) electrons. The number of hydrogen-bond donors (Lipinski definition) is 1. The molecule has 4 nitrogen and oxygen atoms in total. The van der Waals surface area contributed by atoms with Gasteiger partial charge in [0, 0.05) is 12.3 Å². The summed E-state index contributed by atoms with van der Waals surface area (Å²) in [4.78, 5) is 23.5. The Morgan fingerprint density at radius 3 is 2.47 bits per heavy atom. The first kappa shape index (κ1) is 13.6. The summed E-state index contributed by atoms with van der Waals surface area (Å²) in [6.07, 6.45) is 2.31. The number of benzene rings is 1. The van der Waals surface area contributed by atoms with Crippen LogP contribution in [0.5, 0.6) is 0 Å². The summed E-state index contributed by atoms with van der Waals surface area (Å²) in [6.45, 7) is 2.01. The number of ether oxygens (including phenoxy) is 1. The number of hydrogen-bond acceptors (Lipinski definition) is 3. The Bertz CT molecular complexity index is 463. The summed E-state index contributed by atoms with van der Waals surface area (Å²) in [5.74, 6) is -0.345. The first-order chi connectivity index (χ1) is 9.10. The molecule has 1 atom stereocenters. The Balaban J connectivity index is 2.02. The van der Waals surface area contributed by atoms with Crippen LogP contribution in [0.2, 0.25) is 0 Å². The van der Waals surface area contributed by atoms with Crippen molar-refractivity contribution in [2.24, 2.45) is 5.92 Å². The molecule has 1 N–H and O–H groups in total. The van der Waals surface area contributed by atoms with Crippen LogP contribution in [0.1, 0.15) is 24.0 Å². The molecule has 0 unspecified atom stereocenters. The van der Waals surface area contributed by atoms with E-state index >= 15 is 0 Å². The smallest absolute Gasteiger partial charge is 0.328 e. The molecule has 1 aliphatic carbocycles. The van der Waals surface area contributed by atoms with E-state index in [2.05, 4.69) is 5.32 Å². The molecule has 1 aromatic rings. The summed E-state index contributed by atoms with van der Waals surface area (Å²) >= 11 is 0. The lowest BCUT2D eigenvalue weighted by Crippen LogP contribution is -2.43. The minimum Gasteiger partial charge on any atom is -0.467 e. The zero-order valence-electron chi connectivity index (χ0n) is 11.3. The number of amides is 1. The van der Waals surface area contributed by atoms with Gasteiger partial charge in [-0.25, -0.2) is 4.79 Å². The lowest BCUT2D eigenvalue weighted by molar-refractivity contribution is -0.145. The molecule has 2 rings (SSSR count). The van der Waals surface area contributed by atoms with Gasteiger partial charge in [0.15, 0.2) is 0 Å². The average Bonchev–Trinajstić information content (AvgIpc) is 3.24. The second kappa shape index (κ2) is 5.87. The molecule has 1 saturated carbocycles. The van der Waals surface area contributed by atoms with Crippen LogP contribution in [-0.2, 0) is 20.7 Å². The number of rotatable bonds is 5. The topological polar surface area (TPSA) is 55.4 Å². The quantitative estimate of drug-likeness (QED) is 0.819. The third-order valence-corrected chi connectivity index (χ3v) is 3.31. The SMILES string of the molecule is COC(=O)[C@H](Cc1ccc(C)cc1)NC(=O)C1CC1. The zero-order valence-corrected chi connectivity index (χ0v) is 11.3. The summed E-state index contributed by atoms with van der Waals surface area (Å²) in [7, 11) is 1.34. The minimum absolute atomic E-state index is 0.0393. The van der Waals surface area contributed by atoms with Gasteiger partial charge >= 0.3 is 5.97 Å². The van der Waals surface area contributed by atoms with Gasteiger partial charge in [-0.05, 0) is 25.3 Å². The highest BCUT2D eigenvalue weighted by molar-refractivity contribution is 5.87. The molecule has 4 heteroatoms. The Morgan fingerprint density at radius 2 is 1.95 bits per heavy atom. The predicted molar refractivity (Wildman–Crippen MR) is 71.6 cm³/mol. The number of esters is 1. The molecule has 19 heavy (non-hydrogen) atoms. The Labute approximate surface area is 113 Å². The van der Waals surface area contributed by atoms with Gasteiger partial charge in [0.05, 0.1) is 7.11 Å². The van der Waals surface area contributed by atoms with Gasteiger partial charge in [-0.3, -0.25) is 4.79 Å². The fourth-order valence-corrected chi connectivity index (χ4v) is 1.93. The standard InChI is InChI=1S/C15H19NO3/c1-10-3-5-11(6-4-10)9-13(15(18)19-2)16-14(17)12-7-8-12/h3-6,12-13H,7-9H2,1-2H3,(H,16,17)/t13-/m0/s1. The summed E-state index contributed by atoms with van der Waals surface area (Å²) in [5, 5.41) is 2.78. The third kappa shape index (κ3) is 3.81. The van der Waals surface area contributed by atoms with Gasteiger partial charge in [0.2, 0.25) is 5.91 Å². The normalized spacial score (nSPS) is 15.7. The van der Waals surface area contributed by atoms with Gasteiger partial charge in [0.1, 0.15) is 6.04 Å². The molecule has 1 aliphatic rings. The molecule has 0 aromatic heterocycles. The van der Waals surface area contributed by atoms with E-state index in [1.165, 1.54) is 12.7 Å². The highest BCUT2D eigenvalue weighted by Crippen LogP contribution is 2.29. The third-order valence-electron chi connectivity index (χ3n) is 3.31. The molecule has 0 bridgehead atoms. The molecule has 0 spiro atoms. The predicted octanol–water partition coefficient (Wildman–Crippen LogP) is 1.61. The highest BCUT2D eigenvalue weighted by atomic mass is 16.5. The van der Waals surface area contributed by atoms with Crippen molar-refractivity contribution < 1.29 is 14.3 Å². The average molecular weight is 261 g/mol. The number of carbonyl (C=O) groups is 2. The van der Waals surface area contributed by atoms with Crippen LogP contribution in [0.3, 0.4) is 0 Å². The fourth-order valence-electron chi connectivity index (χ4n) is 1.93. The van der Waals surface area contributed by atoms with Crippen molar-refractivity contribution in [2.45, 2.75) is 32.2 Å². The second-order valence-corrected chi connectivity index (χ2v) is 5.05. The molecule has 0 aliphatic heterocycles. The Hall–Kier alpha value is -1.84. The lowest BCUT2D eigenvalue weighted by Gasteiger charge is -2.16. The molecule has 102 valence electrons. The van der Waals surface area contributed by atoms with Gasteiger partial charge in [-0.15, -0.1) is 0 Å². The van der Waals surface area contributed by atoms with E-state index in [0.29, 0.717) is 6.42 Å². The first-order valence-corrected chi connectivity index (χ1v) is 6.54. The van der Waals surface area contributed by atoms with E-state index in [9.17, 15) is 9.59 Å². The molecular weight excluding hydrogens is 242 g/mol. The maximum Gasteiger partial charge on any atom is 0.328 e. The van der Waals surface area contributed by atoms with Crippen LogP contribution in [0.25, 0.3) is 0 Å². The van der Waals surface area contributed by atoms with Crippen molar-refractivity contribution in [3.63, 3.8) is 0 Å². The second-order valence-electron chi connectivity index (χ2n) is 5.05. The van der Waals surface area contributed by atoms with Gasteiger partial charge in [0.25, 0.3) is 0 Å². The highest BCUT2D eigenvalue weighted by Gasteiger charge is 2.32. The minimum atomic E-state index is -0.596. The van der Waals surface area contributed by atoms with Crippen LogP contribution >= 0.6 is 0 Å². The van der Waals surface area contributed by atoms with E-state index in [-0.39, 0.29) is 11.8 Å². The molecular formula is C15H19NO3. The lowest BCUT2D eigenvalue weighted by atomic mass is 10.0. The van der Waals surface area contributed by atoms with E-state index in [1.807, 2.05) is 31.2 Å². The molecule has 1 aromatic carbocycles. The molecule has 1 fully saturated rings. The van der Waals surface area contributed by atoms with Crippen LogP contribution in [0.15, 0.2) is 24.3 Å². The number of methoxy groups -OCH3 is 1. The van der Waals surface area contributed by atoms with Crippen LogP contribution in [-0.4, -0.2) is 25.0 Å². The van der Waals surface area contributed by atoms with Crippen LogP contribution in [0.4, 0.5) is 0 Å². The van der Waals surface area contributed by atoms with E-state index in [1.54, 1.807) is 0 Å². The van der Waals surface area contributed by atoms with Crippen molar-refractivity contribution in [1.29, 1.82) is 0 Å². The fraction of sp³-hybridized carbons (Fsp3) is 0.467.